The molecule has 2 amide bonds. The summed E-state index contributed by atoms with van der Waals surface area (Å²) in [7, 11) is 0. The second-order valence-corrected chi connectivity index (χ2v) is 6.94. The van der Waals surface area contributed by atoms with Crippen LogP contribution in [-0.2, 0) is 10.2 Å². The van der Waals surface area contributed by atoms with Crippen molar-refractivity contribution in [2.45, 2.75) is 38.7 Å². The van der Waals surface area contributed by atoms with Crippen LogP contribution in [0.1, 0.15) is 33.3 Å². The number of hydrogen-bond acceptors (Lipinski definition) is 2. The highest BCUT2D eigenvalue weighted by atomic mass is 16.5. The third kappa shape index (κ3) is 4.21. The Hall–Kier alpha value is -1.55. The van der Waals surface area contributed by atoms with Crippen molar-refractivity contribution < 1.29 is 9.53 Å². The molecule has 0 bridgehead atoms. The van der Waals surface area contributed by atoms with Crippen LogP contribution >= 0.6 is 0 Å². The van der Waals surface area contributed by atoms with Gasteiger partial charge in [-0.15, -0.1) is 0 Å². The summed E-state index contributed by atoms with van der Waals surface area (Å²) in [5.41, 5.74) is 0.885. The molecule has 4 nitrogen and oxygen atoms in total. The fourth-order valence-corrected chi connectivity index (χ4v) is 2.59. The molecular formula is C17H26N2O2. The van der Waals surface area contributed by atoms with Gasteiger partial charge in [-0.3, -0.25) is 0 Å². The van der Waals surface area contributed by atoms with E-state index in [-0.39, 0.29) is 17.0 Å². The summed E-state index contributed by atoms with van der Waals surface area (Å²) in [6.07, 6.45) is 0. The summed E-state index contributed by atoms with van der Waals surface area (Å²) in [4.78, 5) is 14.2. The number of carbonyl (C=O) groups is 1. The minimum atomic E-state index is -0.259. The van der Waals surface area contributed by atoms with E-state index in [1.807, 2.05) is 36.9 Å². The maximum atomic E-state index is 12.3. The second kappa shape index (κ2) is 6.06. The van der Waals surface area contributed by atoms with E-state index in [4.69, 9.17) is 4.74 Å². The van der Waals surface area contributed by atoms with Crippen molar-refractivity contribution in [1.29, 1.82) is 0 Å². The Balaban J connectivity index is 1.92. The molecule has 21 heavy (non-hydrogen) atoms. The Morgan fingerprint density at radius 3 is 2.62 bits per heavy atom. The van der Waals surface area contributed by atoms with Crippen molar-refractivity contribution in [3.05, 3.63) is 35.9 Å². The summed E-state index contributed by atoms with van der Waals surface area (Å²) >= 11 is 0. The number of urea groups is 1. The molecule has 0 atom stereocenters. The summed E-state index contributed by atoms with van der Waals surface area (Å²) in [5, 5.41) is 3.06. The zero-order valence-electron chi connectivity index (χ0n) is 13.5. The van der Waals surface area contributed by atoms with Crippen molar-refractivity contribution in [2.24, 2.45) is 0 Å². The Labute approximate surface area is 127 Å². The highest BCUT2D eigenvalue weighted by Crippen LogP contribution is 2.22. The average Bonchev–Trinajstić information content (AvgIpc) is 2.45. The minimum absolute atomic E-state index is 0.00428. The van der Waals surface area contributed by atoms with Gasteiger partial charge < -0.3 is 15.0 Å². The monoisotopic (exact) mass is 290 g/mol. The van der Waals surface area contributed by atoms with Crippen molar-refractivity contribution in [3.8, 4) is 0 Å². The van der Waals surface area contributed by atoms with Gasteiger partial charge in [0.15, 0.2) is 0 Å². The zero-order valence-corrected chi connectivity index (χ0v) is 13.5. The SMILES string of the molecule is CC1(C)CN(C(=O)NCC(C)(C)c2ccccc2)CCO1. The van der Waals surface area contributed by atoms with E-state index in [2.05, 4.69) is 31.3 Å². The number of ether oxygens (including phenoxy) is 1. The molecule has 116 valence electrons. The lowest BCUT2D eigenvalue weighted by Crippen LogP contribution is -2.54. The molecule has 0 aliphatic carbocycles. The Morgan fingerprint density at radius 1 is 1.33 bits per heavy atom. The molecule has 1 fully saturated rings. The highest BCUT2D eigenvalue weighted by Gasteiger charge is 2.30. The van der Waals surface area contributed by atoms with Crippen molar-refractivity contribution in [2.75, 3.05) is 26.2 Å². The lowest BCUT2D eigenvalue weighted by Gasteiger charge is -2.38. The van der Waals surface area contributed by atoms with E-state index in [9.17, 15) is 4.79 Å². The van der Waals surface area contributed by atoms with E-state index in [1.165, 1.54) is 5.56 Å². The molecule has 4 heteroatoms. The molecule has 0 unspecified atom stereocenters. The molecule has 1 aliphatic rings. The van der Waals surface area contributed by atoms with Gasteiger partial charge in [0, 0.05) is 18.5 Å². The lowest BCUT2D eigenvalue weighted by atomic mass is 9.85. The largest absolute Gasteiger partial charge is 0.372 e. The van der Waals surface area contributed by atoms with Gasteiger partial charge in [0.25, 0.3) is 0 Å². The van der Waals surface area contributed by atoms with Gasteiger partial charge in [0.2, 0.25) is 0 Å². The van der Waals surface area contributed by atoms with Crippen LogP contribution < -0.4 is 5.32 Å². The number of hydrogen-bond donors (Lipinski definition) is 1. The first-order chi connectivity index (χ1) is 9.80. The van der Waals surface area contributed by atoms with Crippen LogP contribution in [0.25, 0.3) is 0 Å². The smallest absolute Gasteiger partial charge is 0.317 e. The van der Waals surface area contributed by atoms with Gasteiger partial charge in [0.05, 0.1) is 18.8 Å². The molecule has 0 aromatic heterocycles. The van der Waals surface area contributed by atoms with Crippen LogP contribution in [0.2, 0.25) is 0 Å². The maximum absolute atomic E-state index is 12.3. The van der Waals surface area contributed by atoms with Gasteiger partial charge in [-0.1, -0.05) is 44.2 Å². The molecule has 0 spiro atoms. The first kappa shape index (κ1) is 15.8. The number of benzene rings is 1. The summed E-state index contributed by atoms with van der Waals surface area (Å²) in [6, 6.07) is 10.3. The minimum Gasteiger partial charge on any atom is -0.372 e. The molecule has 2 rings (SSSR count). The van der Waals surface area contributed by atoms with Crippen LogP contribution in [-0.4, -0.2) is 42.8 Å². The number of nitrogens with zero attached hydrogens (tertiary/aromatic N) is 1. The van der Waals surface area contributed by atoms with Gasteiger partial charge in [-0.2, -0.15) is 0 Å². The van der Waals surface area contributed by atoms with E-state index in [1.54, 1.807) is 0 Å². The van der Waals surface area contributed by atoms with Crippen molar-refractivity contribution in [1.82, 2.24) is 10.2 Å². The quantitative estimate of drug-likeness (QED) is 0.930. The van der Waals surface area contributed by atoms with E-state index < -0.39 is 0 Å². The Kier molecular flexibility index (Phi) is 4.57. The number of rotatable bonds is 3. The number of nitrogens with one attached hydrogen (secondary N) is 1. The van der Waals surface area contributed by atoms with E-state index in [0.717, 1.165) is 0 Å². The molecule has 1 heterocycles. The lowest BCUT2D eigenvalue weighted by molar-refractivity contribution is -0.0733. The predicted octanol–water partition coefficient (Wildman–Crippen LogP) is 2.78. The highest BCUT2D eigenvalue weighted by molar-refractivity contribution is 5.74. The van der Waals surface area contributed by atoms with Crippen molar-refractivity contribution >= 4 is 6.03 Å². The van der Waals surface area contributed by atoms with Crippen LogP contribution in [0.4, 0.5) is 4.79 Å². The van der Waals surface area contributed by atoms with Gasteiger partial charge in [0.1, 0.15) is 0 Å². The molecule has 1 N–H and O–H groups in total. The fourth-order valence-electron chi connectivity index (χ4n) is 2.59. The first-order valence-electron chi connectivity index (χ1n) is 7.52. The summed E-state index contributed by atoms with van der Waals surface area (Å²) in [6.45, 7) is 10.8. The molecule has 0 saturated carbocycles. The van der Waals surface area contributed by atoms with E-state index in [0.29, 0.717) is 26.2 Å². The molecule has 1 aliphatic heterocycles. The molecule has 0 radical (unpaired) electrons. The van der Waals surface area contributed by atoms with Crippen LogP contribution in [0.5, 0.6) is 0 Å². The average molecular weight is 290 g/mol. The van der Waals surface area contributed by atoms with Gasteiger partial charge >= 0.3 is 6.03 Å². The molecule has 1 aromatic rings. The van der Waals surface area contributed by atoms with E-state index >= 15 is 0 Å². The Bertz CT molecular complexity index is 483. The van der Waals surface area contributed by atoms with Crippen LogP contribution in [0.15, 0.2) is 30.3 Å². The van der Waals surface area contributed by atoms with Crippen LogP contribution in [0.3, 0.4) is 0 Å². The Morgan fingerprint density at radius 2 is 2.00 bits per heavy atom. The van der Waals surface area contributed by atoms with Gasteiger partial charge in [-0.05, 0) is 19.4 Å². The summed E-state index contributed by atoms with van der Waals surface area (Å²) in [5.74, 6) is 0. The number of amides is 2. The number of morpholine rings is 1. The van der Waals surface area contributed by atoms with Crippen molar-refractivity contribution in [3.63, 3.8) is 0 Å². The zero-order chi connectivity index (χ0) is 15.5. The van der Waals surface area contributed by atoms with Gasteiger partial charge in [-0.25, -0.2) is 4.79 Å². The molecule has 1 saturated heterocycles. The molecule has 1 aromatic carbocycles. The molecular weight excluding hydrogens is 264 g/mol. The third-order valence-electron chi connectivity index (χ3n) is 3.95. The third-order valence-corrected chi connectivity index (χ3v) is 3.95. The first-order valence-corrected chi connectivity index (χ1v) is 7.52. The summed E-state index contributed by atoms with van der Waals surface area (Å²) < 4.78 is 5.64. The normalized spacial score (nSPS) is 18.4. The van der Waals surface area contributed by atoms with Crippen LogP contribution in [0, 0.1) is 0 Å². The predicted molar refractivity (Wildman–Crippen MR) is 84.5 cm³/mol. The topological polar surface area (TPSA) is 41.6 Å². The standard InChI is InChI=1S/C17H26N2O2/c1-16(2,14-8-6-5-7-9-14)12-18-15(20)19-10-11-21-17(3,4)13-19/h5-9H,10-13H2,1-4H3,(H,18,20). The number of carbonyl (C=O) groups excluding carboxylic acids is 1. The maximum Gasteiger partial charge on any atom is 0.317 e. The second-order valence-electron chi connectivity index (χ2n) is 6.94. The fraction of sp³-hybridized carbons (Fsp3) is 0.588.